The van der Waals surface area contributed by atoms with Gasteiger partial charge in [0.05, 0.1) is 0 Å². The molecule has 0 radical (unpaired) electrons. The molecule has 1 nitrogen and oxygen atoms in total. The summed E-state index contributed by atoms with van der Waals surface area (Å²) in [7, 11) is 0. The second-order valence-corrected chi connectivity index (χ2v) is 7.43. The molecule has 2 rings (SSSR count). The highest BCUT2D eigenvalue weighted by Crippen LogP contribution is 2.39. The minimum Gasteiger partial charge on any atom is -0.312 e. The van der Waals surface area contributed by atoms with Gasteiger partial charge in [-0.2, -0.15) is 0 Å². The Balaban J connectivity index is 2.12. The summed E-state index contributed by atoms with van der Waals surface area (Å²) in [6.07, 6.45) is 7.17. The zero-order valence-electron chi connectivity index (χ0n) is 13.1. The third-order valence-electron chi connectivity index (χ3n) is 4.43. The van der Waals surface area contributed by atoms with E-state index >= 15 is 0 Å². The van der Waals surface area contributed by atoms with Gasteiger partial charge >= 0.3 is 0 Å². The molecule has 1 aromatic carbocycles. The molecule has 0 aromatic heterocycles. The van der Waals surface area contributed by atoms with E-state index in [0.29, 0.717) is 0 Å². The largest absolute Gasteiger partial charge is 0.312 e. The third kappa shape index (κ3) is 4.31. The van der Waals surface area contributed by atoms with Crippen molar-refractivity contribution in [3.05, 3.63) is 35.6 Å². The van der Waals surface area contributed by atoms with E-state index in [4.69, 9.17) is 0 Å². The van der Waals surface area contributed by atoms with Crippen LogP contribution in [-0.4, -0.2) is 12.1 Å². The zero-order chi connectivity index (χ0) is 14.6. The molecular weight excluding hydrogens is 249 g/mol. The Hall–Kier alpha value is -0.890. The molecule has 0 unspecified atom stereocenters. The summed E-state index contributed by atoms with van der Waals surface area (Å²) in [5.74, 6) is -0.0480. The molecule has 0 amide bonds. The Morgan fingerprint density at radius 1 is 1.10 bits per heavy atom. The average Bonchev–Trinajstić information content (AvgIpc) is 2.40. The van der Waals surface area contributed by atoms with Gasteiger partial charge in [0.15, 0.2) is 0 Å². The van der Waals surface area contributed by atoms with Gasteiger partial charge in [-0.15, -0.1) is 0 Å². The lowest BCUT2D eigenvalue weighted by Crippen LogP contribution is -2.45. The number of hydrogen-bond donors (Lipinski definition) is 1. The first-order valence-electron chi connectivity index (χ1n) is 7.89. The molecule has 112 valence electrons. The Labute approximate surface area is 123 Å². The van der Waals surface area contributed by atoms with Crippen molar-refractivity contribution in [2.45, 2.75) is 64.8 Å². The van der Waals surface area contributed by atoms with Crippen LogP contribution in [0, 0.1) is 11.2 Å². The summed E-state index contributed by atoms with van der Waals surface area (Å²) in [6.45, 7) is 7.59. The highest BCUT2D eigenvalue weighted by atomic mass is 19.1. The second-order valence-electron chi connectivity index (χ2n) is 7.43. The van der Waals surface area contributed by atoms with Gasteiger partial charge in [-0.05, 0) is 57.1 Å². The fourth-order valence-electron chi connectivity index (χ4n) is 3.22. The molecule has 20 heavy (non-hydrogen) atoms. The summed E-state index contributed by atoms with van der Waals surface area (Å²) in [4.78, 5) is 0. The number of hydrogen-bond acceptors (Lipinski definition) is 1. The maximum Gasteiger partial charge on any atom is 0.126 e. The van der Waals surface area contributed by atoms with Crippen LogP contribution in [0.25, 0.3) is 0 Å². The van der Waals surface area contributed by atoms with Crippen molar-refractivity contribution in [1.82, 2.24) is 5.32 Å². The van der Waals surface area contributed by atoms with Crippen LogP contribution in [0.1, 0.15) is 58.4 Å². The van der Waals surface area contributed by atoms with E-state index in [1.54, 1.807) is 12.1 Å². The fraction of sp³-hybridized carbons (Fsp3) is 0.667. The molecular formula is C18H28FN. The molecule has 1 aromatic rings. The Morgan fingerprint density at radius 3 is 2.35 bits per heavy atom. The summed E-state index contributed by atoms with van der Waals surface area (Å²) >= 11 is 0. The predicted octanol–water partition coefficient (Wildman–Crippen LogP) is 4.71. The molecule has 1 N–H and O–H groups in total. The Kier molecular flexibility index (Phi) is 4.85. The fourth-order valence-corrected chi connectivity index (χ4v) is 3.22. The highest BCUT2D eigenvalue weighted by Gasteiger charge is 2.33. The molecule has 0 heterocycles. The molecule has 0 aliphatic heterocycles. The lowest BCUT2D eigenvalue weighted by molar-refractivity contribution is 0.164. The van der Waals surface area contributed by atoms with Crippen molar-refractivity contribution in [2.75, 3.05) is 6.54 Å². The SMILES string of the molecule is CC(C)(C)NCC1(Cc2ccccc2F)CCCCC1. The molecule has 0 atom stereocenters. The quantitative estimate of drug-likeness (QED) is 0.840. The molecule has 1 aliphatic carbocycles. The predicted molar refractivity (Wildman–Crippen MR) is 83.4 cm³/mol. The molecule has 0 bridgehead atoms. The van der Waals surface area contributed by atoms with Gasteiger partial charge in [0.25, 0.3) is 0 Å². The van der Waals surface area contributed by atoms with E-state index < -0.39 is 0 Å². The lowest BCUT2D eigenvalue weighted by atomic mass is 9.70. The van der Waals surface area contributed by atoms with Gasteiger partial charge in [0.1, 0.15) is 5.82 Å². The molecule has 0 saturated heterocycles. The van der Waals surface area contributed by atoms with Crippen molar-refractivity contribution in [2.24, 2.45) is 5.41 Å². The van der Waals surface area contributed by atoms with Crippen LogP contribution < -0.4 is 5.32 Å². The number of benzene rings is 1. The first-order chi connectivity index (χ1) is 9.40. The maximum absolute atomic E-state index is 14.0. The van der Waals surface area contributed by atoms with Crippen molar-refractivity contribution < 1.29 is 4.39 Å². The van der Waals surface area contributed by atoms with Crippen LogP contribution in [-0.2, 0) is 6.42 Å². The van der Waals surface area contributed by atoms with Gasteiger partial charge < -0.3 is 5.32 Å². The average molecular weight is 277 g/mol. The summed E-state index contributed by atoms with van der Waals surface area (Å²) < 4.78 is 14.0. The minimum atomic E-state index is -0.0480. The van der Waals surface area contributed by atoms with Gasteiger partial charge in [-0.1, -0.05) is 37.5 Å². The first-order valence-corrected chi connectivity index (χ1v) is 7.89. The maximum atomic E-state index is 14.0. The zero-order valence-corrected chi connectivity index (χ0v) is 13.1. The van der Waals surface area contributed by atoms with E-state index in [-0.39, 0.29) is 16.8 Å². The molecule has 1 fully saturated rings. The van der Waals surface area contributed by atoms with Crippen LogP contribution in [0.2, 0.25) is 0 Å². The van der Waals surface area contributed by atoms with Gasteiger partial charge in [0.2, 0.25) is 0 Å². The van der Waals surface area contributed by atoms with E-state index in [1.807, 2.05) is 12.1 Å². The van der Waals surface area contributed by atoms with Crippen LogP contribution in [0.15, 0.2) is 24.3 Å². The van der Waals surface area contributed by atoms with Crippen LogP contribution in [0.3, 0.4) is 0 Å². The molecule has 1 aliphatic rings. The smallest absolute Gasteiger partial charge is 0.126 e. The summed E-state index contributed by atoms with van der Waals surface area (Å²) in [5, 5.41) is 3.65. The van der Waals surface area contributed by atoms with Gasteiger partial charge in [-0.3, -0.25) is 0 Å². The van der Waals surface area contributed by atoms with Gasteiger partial charge in [0, 0.05) is 12.1 Å². The van der Waals surface area contributed by atoms with Crippen molar-refractivity contribution in [1.29, 1.82) is 0 Å². The normalized spacial score (nSPS) is 19.0. The standard InChI is InChI=1S/C18H28FN/c1-17(2,3)20-14-18(11-7-4-8-12-18)13-15-9-5-6-10-16(15)19/h5-6,9-10,20H,4,7-8,11-14H2,1-3H3. The first kappa shape index (κ1) is 15.5. The monoisotopic (exact) mass is 277 g/mol. The summed E-state index contributed by atoms with van der Waals surface area (Å²) in [5.41, 5.74) is 1.23. The van der Waals surface area contributed by atoms with Crippen LogP contribution in [0.5, 0.6) is 0 Å². The molecule has 1 saturated carbocycles. The van der Waals surface area contributed by atoms with Crippen LogP contribution in [0.4, 0.5) is 4.39 Å². The highest BCUT2D eigenvalue weighted by molar-refractivity contribution is 5.19. The van der Waals surface area contributed by atoms with E-state index in [0.717, 1.165) is 18.5 Å². The topological polar surface area (TPSA) is 12.0 Å². The van der Waals surface area contributed by atoms with Crippen molar-refractivity contribution >= 4 is 0 Å². The van der Waals surface area contributed by atoms with Crippen molar-refractivity contribution in [3.63, 3.8) is 0 Å². The number of nitrogens with one attached hydrogen (secondary N) is 1. The lowest BCUT2D eigenvalue weighted by Gasteiger charge is -2.40. The van der Waals surface area contributed by atoms with E-state index in [1.165, 1.54) is 32.1 Å². The summed E-state index contributed by atoms with van der Waals surface area (Å²) in [6, 6.07) is 7.26. The Bertz CT molecular complexity index is 427. The van der Waals surface area contributed by atoms with Crippen LogP contribution >= 0.6 is 0 Å². The van der Waals surface area contributed by atoms with Gasteiger partial charge in [-0.25, -0.2) is 4.39 Å². The second kappa shape index (κ2) is 6.26. The van der Waals surface area contributed by atoms with E-state index in [9.17, 15) is 4.39 Å². The number of halogens is 1. The molecule has 2 heteroatoms. The number of rotatable bonds is 4. The molecule has 0 spiro atoms. The minimum absolute atomic E-state index is 0.0480. The van der Waals surface area contributed by atoms with E-state index in [2.05, 4.69) is 26.1 Å². The Morgan fingerprint density at radius 2 is 1.75 bits per heavy atom. The van der Waals surface area contributed by atoms with Crippen molar-refractivity contribution in [3.8, 4) is 0 Å². The third-order valence-corrected chi connectivity index (χ3v) is 4.43.